The van der Waals surface area contributed by atoms with Crippen LogP contribution in [0.15, 0.2) is 0 Å². The van der Waals surface area contributed by atoms with Gasteiger partial charge in [-0.25, -0.2) is 0 Å². The molecule has 4 fully saturated rings. The van der Waals surface area contributed by atoms with Gasteiger partial charge in [0, 0.05) is 0 Å². The van der Waals surface area contributed by atoms with E-state index >= 15 is 0 Å². The number of hydrogen-bond acceptors (Lipinski definition) is 0. The molecular weight excluding hydrogens is 396 g/mol. The Hall–Kier alpha value is 0. The van der Waals surface area contributed by atoms with E-state index in [4.69, 9.17) is 0 Å². The smallest absolute Gasteiger partial charge is 0.0264 e. The topological polar surface area (TPSA) is 0 Å². The summed E-state index contributed by atoms with van der Waals surface area (Å²) in [5.41, 5.74) is 1.93. The lowest BCUT2D eigenvalue weighted by Crippen LogP contribution is -2.57. The first-order chi connectivity index (χ1) is 15.7. The molecule has 0 heterocycles. The van der Waals surface area contributed by atoms with E-state index in [1.807, 2.05) is 0 Å². The Bertz CT molecular complexity index is 636. The Balaban J connectivity index is 1.47. The molecule has 4 aliphatic carbocycles. The second kappa shape index (κ2) is 10.2. The van der Waals surface area contributed by atoms with Crippen LogP contribution in [-0.4, -0.2) is 0 Å². The SMILES string of the molecule is CCCCCCC1(C)CCC2(C)C(CC(C)C3C2CCC2(C)C(C(C)CCCC)CCC32)C1. The maximum Gasteiger partial charge on any atom is -0.0264 e. The Kier molecular flexibility index (Phi) is 8.03. The summed E-state index contributed by atoms with van der Waals surface area (Å²) in [5, 5.41) is 0. The van der Waals surface area contributed by atoms with Gasteiger partial charge in [0.15, 0.2) is 0 Å². The van der Waals surface area contributed by atoms with Crippen LogP contribution >= 0.6 is 0 Å². The van der Waals surface area contributed by atoms with Crippen LogP contribution in [0, 0.1) is 57.7 Å². The summed E-state index contributed by atoms with van der Waals surface area (Å²) in [4.78, 5) is 0. The largest absolute Gasteiger partial charge is 0.0654 e. The third-order valence-electron chi connectivity index (χ3n) is 12.8. The van der Waals surface area contributed by atoms with Crippen molar-refractivity contribution in [1.82, 2.24) is 0 Å². The average Bonchev–Trinajstić information content (AvgIpc) is 3.14. The van der Waals surface area contributed by atoms with Gasteiger partial charge in [0.2, 0.25) is 0 Å². The molecule has 0 aromatic carbocycles. The third kappa shape index (κ3) is 4.73. The first-order valence-corrected chi connectivity index (χ1v) is 15.7. The van der Waals surface area contributed by atoms with Gasteiger partial charge in [-0.3, -0.25) is 0 Å². The number of hydrogen-bond donors (Lipinski definition) is 0. The van der Waals surface area contributed by atoms with Crippen LogP contribution in [0.1, 0.15) is 151 Å². The number of fused-ring (bicyclic) bond motifs is 5. The highest BCUT2D eigenvalue weighted by Gasteiger charge is 2.62. The molecule has 10 atom stereocenters. The molecule has 0 aliphatic heterocycles. The molecule has 0 aromatic heterocycles. The molecule has 4 saturated carbocycles. The van der Waals surface area contributed by atoms with Crippen molar-refractivity contribution in [1.29, 1.82) is 0 Å². The molecule has 0 amide bonds. The standard InChI is InChI=1S/C33H60/c1-8-10-12-13-18-31(5)20-21-32(6)26(23-31)22-25(4)30-28-16-15-27(24(3)14-11-9-2)33(28,7)19-17-29(30)32/h24-30H,8-23H2,1-7H3. The molecule has 4 rings (SSSR count). The Labute approximate surface area is 208 Å². The van der Waals surface area contributed by atoms with E-state index in [2.05, 4.69) is 48.5 Å². The zero-order chi connectivity index (χ0) is 23.9. The lowest BCUT2D eigenvalue weighted by atomic mass is 9.41. The minimum Gasteiger partial charge on any atom is -0.0654 e. The second-order valence-electron chi connectivity index (χ2n) is 14.9. The molecule has 192 valence electrons. The zero-order valence-electron chi connectivity index (χ0n) is 23.9. The monoisotopic (exact) mass is 456 g/mol. The summed E-state index contributed by atoms with van der Waals surface area (Å²) in [6.07, 6.45) is 23.9. The lowest BCUT2D eigenvalue weighted by molar-refractivity contribution is -0.153. The van der Waals surface area contributed by atoms with Crippen LogP contribution in [0.2, 0.25) is 0 Å². The van der Waals surface area contributed by atoms with Gasteiger partial charge >= 0.3 is 0 Å². The lowest BCUT2D eigenvalue weighted by Gasteiger charge is -2.64. The Morgan fingerprint density at radius 3 is 2.24 bits per heavy atom. The molecule has 0 saturated heterocycles. The molecule has 10 unspecified atom stereocenters. The van der Waals surface area contributed by atoms with Crippen LogP contribution < -0.4 is 0 Å². The van der Waals surface area contributed by atoms with E-state index in [9.17, 15) is 0 Å². The molecule has 0 spiro atoms. The van der Waals surface area contributed by atoms with Gasteiger partial charge in [0.05, 0.1) is 0 Å². The minimum absolute atomic E-state index is 0.640. The Morgan fingerprint density at radius 2 is 1.52 bits per heavy atom. The summed E-state index contributed by atoms with van der Waals surface area (Å²) >= 11 is 0. The van der Waals surface area contributed by atoms with Crippen molar-refractivity contribution in [3.05, 3.63) is 0 Å². The summed E-state index contributed by atoms with van der Waals surface area (Å²) in [7, 11) is 0. The summed E-state index contributed by atoms with van der Waals surface area (Å²) in [5.74, 6) is 7.00. The fraction of sp³-hybridized carbons (Fsp3) is 1.00. The molecule has 0 heteroatoms. The molecule has 0 radical (unpaired) electrons. The molecule has 4 aliphatic rings. The molecular formula is C33H60. The van der Waals surface area contributed by atoms with Crippen LogP contribution in [-0.2, 0) is 0 Å². The van der Waals surface area contributed by atoms with Gasteiger partial charge < -0.3 is 0 Å². The van der Waals surface area contributed by atoms with Crippen molar-refractivity contribution < 1.29 is 0 Å². The first kappa shape index (κ1) is 26.1. The molecule has 0 N–H and O–H groups in total. The van der Waals surface area contributed by atoms with E-state index in [0.717, 1.165) is 41.4 Å². The predicted octanol–water partition coefficient (Wildman–Crippen LogP) is 10.7. The minimum atomic E-state index is 0.640. The maximum absolute atomic E-state index is 2.79. The molecule has 33 heavy (non-hydrogen) atoms. The second-order valence-corrected chi connectivity index (χ2v) is 14.9. The van der Waals surface area contributed by atoms with E-state index in [0.29, 0.717) is 16.2 Å². The van der Waals surface area contributed by atoms with E-state index in [1.165, 1.54) is 70.6 Å². The van der Waals surface area contributed by atoms with Gasteiger partial charge in [0.1, 0.15) is 0 Å². The Morgan fingerprint density at radius 1 is 0.788 bits per heavy atom. The predicted molar refractivity (Wildman–Crippen MR) is 145 cm³/mol. The first-order valence-electron chi connectivity index (χ1n) is 15.7. The van der Waals surface area contributed by atoms with Crippen molar-refractivity contribution in [3.63, 3.8) is 0 Å². The highest BCUT2D eigenvalue weighted by molar-refractivity contribution is 5.11. The van der Waals surface area contributed by atoms with Crippen LogP contribution in [0.3, 0.4) is 0 Å². The highest BCUT2D eigenvalue weighted by Crippen LogP contribution is 2.70. The molecule has 0 nitrogen and oxygen atoms in total. The van der Waals surface area contributed by atoms with Crippen molar-refractivity contribution in [2.24, 2.45) is 57.7 Å². The average molecular weight is 457 g/mol. The third-order valence-corrected chi connectivity index (χ3v) is 12.8. The van der Waals surface area contributed by atoms with E-state index < -0.39 is 0 Å². The summed E-state index contributed by atoms with van der Waals surface area (Å²) < 4.78 is 0. The maximum atomic E-state index is 2.79. The molecule has 0 aromatic rings. The fourth-order valence-corrected chi connectivity index (χ4v) is 10.8. The van der Waals surface area contributed by atoms with Crippen molar-refractivity contribution in [3.8, 4) is 0 Å². The summed E-state index contributed by atoms with van der Waals surface area (Å²) in [6.45, 7) is 18.3. The van der Waals surface area contributed by atoms with Gasteiger partial charge in [-0.2, -0.15) is 0 Å². The number of unbranched alkanes of at least 4 members (excludes halogenated alkanes) is 4. The number of rotatable bonds is 9. The molecule has 0 bridgehead atoms. The van der Waals surface area contributed by atoms with Crippen LogP contribution in [0.25, 0.3) is 0 Å². The van der Waals surface area contributed by atoms with Crippen LogP contribution in [0.5, 0.6) is 0 Å². The quantitative estimate of drug-likeness (QED) is 0.302. The van der Waals surface area contributed by atoms with Crippen LogP contribution in [0.4, 0.5) is 0 Å². The van der Waals surface area contributed by atoms with Gasteiger partial charge in [-0.05, 0) is 115 Å². The zero-order valence-corrected chi connectivity index (χ0v) is 23.9. The van der Waals surface area contributed by atoms with E-state index in [-0.39, 0.29) is 0 Å². The summed E-state index contributed by atoms with van der Waals surface area (Å²) in [6, 6.07) is 0. The highest BCUT2D eigenvalue weighted by atomic mass is 14.7. The van der Waals surface area contributed by atoms with Gasteiger partial charge in [0.25, 0.3) is 0 Å². The fourth-order valence-electron chi connectivity index (χ4n) is 10.8. The van der Waals surface area contributed by atoms with Crippen molar-refractivity contribution >= 4 is 0 Å². The van der Waals surface area contributed by atoms with E-state index in [1.54, 1.807) is 32.1 Å². The van der Waals surface area contributed by atoms with Gasteiger partial charge in [-0.1, -0.05) is 93.4 Å². The van der Waals surface area contributed by atoms with Crippen molar-refractivity contribution in [2.75, 3.05) is 0 Å². The van der Waals surface area contributed by atoms with Gasteiger partial charge in [-0.15, -0.1) is 0 Å². The normalized spacial score (nSPS) is 48.1. The van der Waals surface area contributed by atoms with Crippen molar-refractivity contribution in [2.45, 2.75) is 151 Å².